The number of halogens is 6. The molecule has 122 heavy (non-hydrogen) atoms. The summed E-state index contributed by atoms with van der Waals surface area (Å²) in [6.07, 6.45) is -0.408. The zero-order valence-corrected chi connectivity index (χ0v) is 66.3. The van der Waals surface area contributed by atoms with E-state index in [0.717, 1.165) is 27.7 Å². The normalized spacial score (nSPS) is 27.6. The van der Waals surface area contributed by atoms with Crippen molar-refractivity contribution in [1.82, 2.24) is 4.90 Å². The summed E-state index contributed by atoms with van der Waals surface area (Å²) in [5.41, 5.74) is 4.31. The molecule has 0 saturated carbocycles. The van der Waals surface area contributed by atoms with Crippen molar-refractivity contribution < 1.29 is 131 Å². The molecule has 5 amide bonds. The third-order valence-electron chi connectivity index (χ3n) is 20.0. The lowest BCUT2D eigenvalue weighted by Gasteiger charge is -2.29. The predicted octanol–water partition coefficient (Wildman–Crippen LogP) is 14.7. The van der Waals surface area contributed by atoms with E-state index < -0.39 is 156 Å². The first-order valence-corrected chi connectivity index (χ1v) is 38.6. The second-order valence-corrected chi connectivity index (χ2v) is 28.1. The van der Waals surface area contributed by atoms with E-state index in [1.807, 2.05) is 20.8 Å². The quantitative estimate of drug-likeness (QED) is 0.0508. The van der Waals surface area contributed by atoms with E-state index in [9.17, 15) is 55.4 Å². The number of aliphatic hydroxyl groups excluding tert-OH is 1. The third-order valence-corrected chi connectivity index (χ3v) is 20.0. The first kappa shape index (κ1) is 65.3. The van der Waals surface area contributed by atoms with Crippen LogP contribution in [0.2, 0.25) is 0 Å². The molecule has 7 aromatic carbocycles. The van der Waals surface area contributed by atoms with Gasteiger partial charge in [0.1, 0.15) is 53.2 Å². The van der Waals surface area contributed by atoms with Crippen LogP contribution in [0.3, 0.4) is 0 Å². The van der Waals surface area contributed by atoms with Crippen molar-refractivity contribution in [2.24, 2.45) is 0 Å². The summed E-state index contributed by atoms with van der Waals surface area (Å²) < 4.78 is 313. The zero-order chi connectivity index (χ0) is 106. The van der Waals surface area contributed by atoms with Crippen LogP contribution in [0.4, 0.5) is 91.9 Å². The van der Waals surface area contributed by atoms with Crippen LogP contribution in [0.5, 0.6) is 0 Å². The van der Waals surface area contributed by atoms with Gasteiger partial charge in [0, 0.05) is 78.5 Å². The number of fused-ring (bicyclic) bond motifs is 1. The molecular formula is C91H116F6N10O15. The molecule has 9 fully saturated rings. The van der Waals surface area contributed by atoms with Gasteiger partial charge in [-0.05, 0) is 166 Å². The van der Waals surface area contributed by atoms with E-state index in [-0.39, 0.29) is 170 Å². The summed E-state index contributed by atoms with van der Waals surface area (Å²) in [5.74, 6) is -4.56. The molecule has 662 valence electrons. The molecule has 25 nitrogen and oxygen atoms in total. The molecule has 10 heterocycles. The van der Waals surface area contributed by atoms with E-state index >= 15 is 0 Å². The minimum atomic E-state index is -2.32. The fourth-order valence-corrected chi connectivity index (χ4v) is 13.3. The largest absolute Gasteiger partial charge is 0.444 e. The van der Waals surface area contributed by atoms with E-state index in [2.05, 4.69) is 9.47 Å². The standard InChI is InChI=1S/C22H20FN3O5.2C15H19FN2O3.C15H22FNO2.2C11H14FNO.2CH4/c23-18-11-14(5-6-19(18)24-7-9-30-10-8-24)25-12-15(31-22(25)29)13-26-20(27)16-3-1-2-4-17(16)21(26)28;2*1-2-12-10-18(15(19)21-12)11-3-4-14(13(16)9-11)17-5-7-20-8-6-17;1-2-13(18)5-3-12-4-6-15(14(16)11-12)17-7-9-19-10-8-17;2*1-9-2-3-11(10(12)8-9)13-4-6-14-7-5-13;;/h1-6,11,15H,7-10,12-13H2;2*3-4,9,12H,2,5-8,10H2,1H3;4,6,11,13,18H,2-3,5,7-10H2,1H3;2*2-3,8H,4-7H2,1H3;2*1H4/t15-;2*12-;13-;;;;/m1000..../s1/i9D2,10D2;2*7D2,8D2;9D2,10D2;2*6D2,7D2;;. The average Bonchev–Trinajstić information content (AvgIpc) is 1.73. The fourth-order valence-electron chi connectivity index (χ4n) is 13.3. The zero-order valence-electron chi connectivity index (χ0n) is 90.3. The summed E-state index contributed by atoms with van der Waals surface area (Å²) in [7, 11) is 0. The van der Waals surface area contributed by atoms with Gasteiger partial charge >= 0.3 is 18.3 Å². The molecule has 1 N–H and O–H groups in total. The smallest absolute Gasteiger partial charge is 0.414 e. The molecular weight excluding hydrogens is 1590 g/mol. The number of anilines is 9. The van der Waals surface area contributed by atoms with Crippen LogP contribution in [0.25, 0.3) is 0 Å². The van der Waals surface area contributed by atoms with E-state index in [0.29, 0.717) is 56.6 Å². The van der Waals surface area contributed by atoms with E-state index in [4.69, 9.17) is 66.1 Å². The van der Waals surface area contributed by atoms with Crippen molar-refractivity contribution in [2.45, 2.75) is 106 Å². The molecule has 17 rings (SSSR count). The number of amides is 5. The van der Waals surface area contributed by atoms with Crippen molar-refractivity contribution in [3.63, 3.8) is 0 Å². The maximum atomic E-state index is 15.0. The van der Waals surface area contributed by atoms with Gasteiger partial charge in [0.2, 0.25) is 0 Å². The van der Waals surface area contributed by atoms with Crippen molar-refractivity contribution in [1.29, 1.82) is 0 Å². The number of aliphatic hydroxyl groups is 1. The van der Waals surface area contributed by atoms with Gasteiger partial charge in [-0.1, -0.05) is 66.0 Å². The fraction of sp³-hybridized carbons (Fsp3) is 0.484. The maximum absolute atomic E-state index is 15.0. The number of aryl methyl sites for hydroxylation is 3. The molecule has 10 aliphatic heterocycles. The molecule has 31 heteroatoms. The second kappa shape index (κ2) is 45.6. The number of carbonyl (C=O) groups is 5. The molecule has 0 aromatic heterocycles. The SMILES string of the molecule is C.C.[2H]C1([2H])CN(c2ccc(C)cc2F)CC([2H])([2H])O1.[2H]C1([2H])CN(c2ccc(C)cc2F)CC([2H])([2H])O1.[2H]C1([2H])CN(c2ccc(CC[C@@H](O)CC)cc2F)CC([2H])([2H])O1.[2H]C1([2H])CN(c2ccc(N3C[C@H](CC)OC3=O)cc2F)CC([2H])([2H])O1.[2H]C1([2H])CN(c2ccc(N3C[C@H](CC)OC3=O)cc2F)CC([2H])([2H])O1.[2H]C1([2H])CN(c2ccc(N3C[C@H](CN4C(=O)c5ccccc5C4=O)OC3=O)cc2F)CC([2H])([2H])O1. The average molecular weight is 1730 g/mol. The number of benzene rings is 7. The van der Waals surface area contributed by atoms with Crippen molar-refractivity contribution >= 4 is 81.3 Å². The highest BCUT2D eigenvalue weighted by molar-refractivity contribution is 6.21. The van der Waals surface area contributed by atoms with Gasteiger partial charge in [-0.3, -0.25) is 29.2 Å². The summed E-state index contributed by atoms with van der Waals surface area (Å²) in [6, 6.07) is 32.3. The minimum absolute atomic E-state index is 0. The van der Waals surface area contributed by atoms with Crippen LogP contribution >= 0.6 is 0 Å². The van der Waals surface area contributed by atoms with E-state index in [1.165, 1.54) is 129 Å². The molecule has 9 saturated heterocycles. The van der Waals surface area contributed by atoms with Gasteiger partial charge in [-0.2, -0.15) is 0 Å². The van der Waals surface area contributed by atoms with Crippen molar-refractivity contribution in [3.05, 3.63) is 196 Å². The summed E-state index contributed by atoms with van der Waals surface area (Å²) in [5, 5.41) is 9.56. The Bertz CT molecular complexity index is 5520. The van der Waals surface area contributed by atoms with Crippen LogP contribution in [-0.2, 0) is 49.1 Å². The Morgan fingerprint density at radius 1 is 0.377 bits per heavy atom. The van der Waals surface area contributed by atoms with Crippen LogP contribution in [-0.4, -0.2) is 248 Å². The predicted molar refractivity (Wildman–Crippen MR) is 459 cm³/mol. The molecule has 0 radical (unpaired) electrons. The lowest BCUT2D eigenvalue weighted by Crippen LogP contribution is -2.38. The number of carbonyl (C=O) groups excluding carboxylic acids is 5. The van der Waals surface area contributed by atoms with Crippen LogP contribution in [0, 0.1) is 48.8 Å². The van der Waals surface area contributed by atoms with Gasteiger partial charge in [0.05, 0.1) is 206 Å². The highest BCUT2D eigenvalue weighted by atomic mass is 19.1. The van der Waals surface area contributed by atoms with Crippen LogP contribution in [0.15, 0.2) is 133 Å². The number of hydrogen-bond acceptors (Lipinski definition) is 21. The van der Waals surface area contributed by atoms with Crippen LogP contribution < -0.4 is 44.1 Å². The number of hydrogen-bond donors (Lipinski definition) is 1. The number of imide groups is 1. The highest BCUT2D eigenvalue weighted by Gasteiger charge is 2.42. The lowest BCUT2D eigenvalue weighted by atomic mass is 10.0. The summed E-state index contributed by atoms with van der Waals surface area (Å²) >= 11 is 0. The van der Waals surface area contributed by atoms with E-state index in [1.54, 1.807) is 56.3 Å². The first-order valence-electron chi connectivity index (χ1n) is 50.6. The molecule has 0 aliphatic carbocycles. The molecule has 0 spiro atoms. The number of rotatable bonds is 17. The Labute approximate surface area is 745 Å². The minimum Gasteiger partial charge on any atom is -0.444 e. The Morgan fingerprint density at radius 2 is 0.648 bits per heavy atom. The topological polar surface area (TPSA) is 221 Å². The molecule has 0 bridgehead atoms. The third kappa shape index (κ3) is 24.5. The molecule has 7 aromatic rings. The number of nitrogens with zero attached hydrogens (tertiary/aromatic N) is 10. The monoisotopic (exact) mass is 1730 g/mol. The highest BCUT2D eigenvalue weighted by Crippen LogP contribution is 2.35. The first-order chi connectivity index (χ1) is 66.6. The van der Waals surface area contributed by atoms with Gasteiger partial charge < -0.3 is 77.1 Å². The van der Waals surface area contributed by atoms with Crippen LogP contribution in [0.1, 0.15) is 132 Å². The van der Waals surface area contributed by atoms with Crippen molar-refractivity contribution in [2.75, 3.05) is 228 Å². The van der Waals surface area contributed by atoms with Gasteiger partial charge in [-0.15, -0.1) is 0 Å². The van der Waals surface area contributed by atoms with Gasteiger partial charge in [0.25, 0.3) is 11.8 Å². The maximum Gasteiger partial charge on any atom is 0.414 e. The molecule has 0 unspecified atom stereocenters. The molecule has 4 atom stereocenters. The molecule has 10 aliphatic rings. The number of cyclic esters (lactones) is 3. The van der Waals surface area contributed by atoms with Gasteiger partial charge in [0.15, 0.2) is 0 Å². The Kier molecular flexibility index (Phi) is 24.4. The second-order valence-electron chi connectivity index (χ2n) is 28.1. The summed E-state index contributed by atoms with van der Waals surface area (Å²) in [4.78, 5) is 74.0. The Morgan fingerprint density at radius 3 is 0.918 bits per heavy atom. The number of morpholine rings is 6. The van der Waals surface area contributed by atoms with Gasteiger partial charge in [-0.25, -0.2) is 40.7 Å². The summed E-state index contributed by atoms with van der Waals surface area (Å²) in [6.45, 7) is -20.0. The Balaban J connectivity index is 0.000000182. The Hall–Kier alpha value is -10.4. The van der Waals surface area contributed by atoms with Crippen molar-refractivity contribution in [3.8, 4) is 0 Å². The number of ether oxygens (including phenoxy) is 9. The lowest BCUT2D eigenvalue weighted by molar-refractivity contribution is 0.0558.